The zero-order chi connectivity index (χ0) is 20.5. The number of hydrogen-bond donors (Lipinski definition) is 1. The number of aliphatic hydroxyl groups is 1. The number of carbonyl (C=O) groups is 2. The second-order valence-corrected chi connectivity index (χ2v) is 8.01. The Morgan fingerprint density at radius 2 is 1.96 bits per heavy atom. The summed E-state index contributed by atoms with van der Waals surface area (Å²) < 4.78 is 48.4. The third-order valence-corrected chi connectivity index (χ3v) is 6.25. The van der Waals surface area contributed by atoms with Crippen molar-refractivity contribution in [2.75, 3.05) is 33.4 Å². The van der Waals surface area contributed by atoms with Crippen LogP contribution in [0.2, 0.25) is 0 Å². The molecule has 0 aromatic heterocycles. The molecule has 2 heterocycles. The molecular weight excluding hydrogens is 381 g/mol. The van der Waals surface area contributed by atoms with E-state index in [4.69, 9.17) is 9.84 Å². The van der Waals surface area contributed by atoms with Gasteiger partial charge in [0.1, 0.15) is 0 Å². The lowest BCUT2D eigenvalue weighted by Gasteiger charge is -2.39. The molecule has 1 aliphatic carbocycles. The lowest BCUT2D eigenvalue weighted by Crippen LogP contribution is -2.49. The van der Waals surface area contributed by atoms with Crippen LogP contribution < -0.4 is 0 Å². The predicted molar refractivity (Wildman–Crippen MR) is 91.4 cm³/mol. The highest BCUT2D eigenvalue weighted by Gasteiger charge is 2.47. The molecule has 0 aromatic rings. The van der Waals surface area contributed by atoms with E-state index in [-0.39, 0.29) is 31.0 Å². The summed E-state index contributed by atoms with van der Waals surface area (Å²) in [7, 11) is 1.80. The average Bonchev–Trinajstić information content (AvgIpc) is 3.00. The molecule has 0 radical (unpaired) electrons. The van der Waals surface area contributed by atoms with Crippen molar-refractivity contribution >= 4 is 12.0 Å². The molecule has 2 atom stereocenters. The Bertz CT molecular complexity index is 588. The van der Waals surface area contributed by atoms with Crippen LogP contribution in [0.3, 0.4) is 0 Å². The van der Waals surface area contributed by atoms with Gasteiger partial charge in [0.25, 0.3) is 0 Å². The highest BCUT2D eigenvalue weighted by molar-refractivity contribution is 5.79. The summed E-state index contributed by atoms with van der Waals surface area (Å²) in [6, 6.07) is -0.0180. The van der Waals surface area contributed by atoms with E-state index < -0.39 is 30.6 Å². The smallest absolute Gasteiger partial charge is 0.427 e. The van der Waals surface area contributed by atoms with Crippen molar-refractivity contribution in [1.82, 2.24) is 9.80 Å². The van der Waals surface area contributed by atoms with Gasteiger partial charge in [-0.25, -0.2) is 4.79 Å². The summed E-state index contributed by atoms with van der Waals surface area (Å²) in [5.41, 5.74) is -0.462. The summed E-state index contributed by atoms with van der Waals surface area (Å²) in [4.78, 5) is 27.4. The quantitative estimate of drug-likeness (QED) is 0.769. The van der Waals surface area contributed by atoms with Crippen molar-refractivity contribution in [3.63, 3.8) is 0 Å². The molecule has 10 heteroatoms. The van der Waals surface area contributed by atoms with Crippen molar-refractivity contribution in [3.05, 3.63) is 0 Å². The van der Waals surface area contributed by atoms with Crippen LogP contribution in [0, 0.1) is 5.92 Å². The maximum atomic E-state index is 12.7. The van der Waals surface area contributed by atoms with Gasteiger partial charge in [-0.1, -0.05) is 6.42 Å². The molecule has 0 aromatic carbocycles. The number of carbonyl (C=O) groups excluding carboxylic acids is 2. The van der Waals surface area contributed by atoms with E-state index in [1.807, 2.05) is 0 Å². The highest BCUT2D eigenvalue weighted by Crippen LogP contribution is 2.39. The first-order valence-electron chi connectivity index (χ1n) is 9.69. The SMILES string of the molecule is CN(C(=O)C1CCC1)[C@H]1COC2(CCN(C(=O)O[C@H](CO)C(F)(F)F)CC2)C1. The van der Waals surface area contributed by atoms with Crippen molar-refractivity contribution in [1.29, 1.82) is 0 Å². The third kappa shape index (κ3) is 4.37. The Morgan fingerprint density at radius 3 is 2.46 bits per heavy atom. The topological polar surface area (TPSA) is 79.3 Å². The molecule has 2 amide bonds. The summed E-state index contributed by atoms with van der Waals surface area (Å²) in [6.45, 7) is -0.455. The van der Waals surface area contributed by atoms with Crippen LogP contribution in [-0.2, 0) is 14.3 Å². The van der Waals surface area contributed by atoms with Crippen molar-refractivity contribution in [3.8, 4) is 0 Å². The monoisotopic (exact) mass is 408 g/mol. The summed E-state index contributed by atoms with van der Waals surface area (Å²) in [5, 5.41) is 8.80. The van der Waals surface area contributed by atoms with Crippen LogP contribution >= 0.6 is 0 Å². The highest BCUT2D eigenvalue weighted by atomic mass is 19.4. The van der Waals surface area contributed by atoms with Gasteiger partial charge in [-0.2, -0.15) is 13.2 Å². The fourth-order valence-electron chi connectivity index (χ4n) is 4.04. The molecule has 7 nitrogen and oxygen atoms in total. The van der Waals surface area contributed by atoms with Gasteiger partial charge in [0.05, 0.1) is 24.9 Å². The first-order valence-corrected chi connectivity index (χ1v) is 9.69. The van der Waals surface area contributed by atoms with Crippen LogP contribution in [0.15, 0.2) is 0 Å². The predicted octanol–water partition coefficient (Wildman–Crippen LogP) is 1.93. The van der Waals surface area contributed by atoms with E-state index in [1.54, 1.807) is 11.9 Å². The summed E-state index contributed by atoms with van der Waals surface area (Å²) in [5.74, 6) is 0.270. The minimum Gasteiger partial charge on any atom is -0.434 e. The molecule has 1 N–H and O–H groups in total. The van der Waals surface area contributed by atoms with Crippen LogP contribution in [0.4, 0.5) is 18.0 Å². The van der Waals surface area contributed by atoms with Gasteiger partial charge >= 0.3 is 12.3 Å². The van der Waals surface area contributed by atoms with Gasteiger partial charge in [0.15, 0.2) is 0 Å². The molecule has 3 rings (SSSR count). The van der Waals surface area contributed by atoms with Crippen molar-refractivity contribution < 1.29 is 37.3 Å². The van der Waals surface area contributed by atoms with Crippen molar-refractivity contribution in [2.45, 2.75) is 62.4 Å². The van der Waals surface area contributed by atoms with Gasteiger partial charge in [-0.15, -0.1) is 0 Å². The molecule has 2 aliphatic heterocycles. The van der Waals surface area contributed by atoms with Crippen LogP contribution in [0.5, 0.6) is 0 Å². The maximum Gasteiger partial charge on any atom is 0.427 e. The lowest BCUT2D eigenvalue weighted by atomic mass is 9.83. The summed E-state index contributed by atoms with van der Waals surface area (Å²) >= 11 is 0. The van der Waals surface area contributed by atoms with Crippen molar-refractivity contribution in [2.24, 2.45) is 5.92 Å². The Balaban J connectivity index is 1.49. The van der Waals surface area contributed by atoms with E-state index in [9.17, 15) is 22.8 Å². The molecule has 28 heavy (non-hydrogen) atoms. The fourth-order valence-corrected chi connectivity index (χ4v) is 4.04. The molecule has 3 fully saturated rings. The molecule has 0 unspecified atom stereocenters. The Morgan fingerprint density at radius 1 is 1.32 bits per heavy atom. The van der Waals surface area contributed by atoms with E-state index in [0.29, 0.717) is 25.9 Å². The van der Waals surface area contributed by atoms with E-state index in [1.165, 1.54) is 4.90 Å². The number of aliphatic hydroxyl groups excluding tert-OH is 1. The normalized spacial score (nSPS) is 26.0. The van der Waals surface area contributed by atoms with Gasteiger partial charge in [-0.05, 0) is 32.1 Å². The van der Waals surface area contributed by atoms with Gasteiger partial charge in [0, 0.05) is 26.1 Å². The van der Waals surface area contributed by atoms with Crippen LogP contribution in [0.25, 0.3) is 0 Å². The van der Waals surface area contributed by atoms with E-state index >= 15 is 0 Å². The van der Waals surface area contributed by atoms with Gasteiger partial charge < -0.3 is 24.4 Å². The number of rotatable bonds is 4. The maximum absolute atomic E-state index is 12.7. The summed E-state index contributed by atoms with van der Waals surface area (Å²) in [6.07, 6.45) is -3.84. The zero-order valence-electron chi connectivity index (χ0n) is 15.9. The molecule has 1 saturated carbocycles. The average molecular weight is 408 g/mol. The molecule has 3 aliphatic rings. The third-order valence-electron chi connectivity index (χ3n) is 6.25. The standard InChI is InChI=1S/C18H27F3N2O5/c1-22(15(25)12-3-2-4-12)13-9-17(27-11-13)5-7-23(8-6-17)16(26)28-14(10-24)18(19,20)21/h12-14,24H,2-11H2,1H3/t13-,14-/m1/s1. The molecule has 2 saturated heterocycles. The van der Waals surface area contributed by atoms with Gasteiger partial charge in [0.2, 0.25) is 12.0 Å². The second kappa shape index (κ2) is 8.06. The number of piperidine rings is 1. The number of likely N-dealkylation sites (tertiary alicyclic amines) is 1. The Labute approximate surface area is 161 Å². The van der Waals surface area contributed by atoms with E-state index in [0.717, 1.165) is 19.3 Å². The van der Waals surface area contributed by atoms with Crippen LogP contribution in [-0.4, -0.2) is 84.2 Å². The number of nitrogens with zero attached hydrogens (tertiary/aromatic N) is 2. The molecule has 1 spiro atoms. The number of amides is 2. The Kier molecular flexibility index (Phi) is 6.09. The minimum absolute atomic E-state index is 0.0180. The molecule has 0 bridgehead atoms. The number of ether oxygens (including phenoxy) is 2. The fraction of sp³-hybridized carbons (Fsp3) is 0.889. The van der Waals surface area contributed by atoms with Crippen LogP contribution in [0.1, 0.15) is 38.5 Å². The number of halogens is 3. The first kappa shape index (κ1) is 21.2. The molecule has 160 valence electrons. The second-order valence-electron chi connectivity index (χ2n) is 8.01. The number of alkyl halides is 3. The minimum atomic E-state index is -4.80. The number of hydrogen-bond acceptors (Lipinski definition) is 5. The van der Waals surface area contributed by atoms with E-state index in [2.05, 4.69) is 4.74 Å². The Hall–Kier alpha value is -1.55. The zero-order valence-corrected chi connectivity index (χ0v) is 15.9. The van der Waals surface area contributed by atoms with Gasteiger partial charge in [-0.3, -0.25) is 4.79 Å². The largest absolute Gasteiger partial charge is 0.434 e. The first-order chi connectivity index (χ1) is 13.1. The number of likely N-dealkylation sites (N-methyl/N-ethyl adjacent to an activating group) is 1. The lowest BCUT2D eigenvalue weighted by molar-refractivity contribution is -0.215. The molecular formula is C18H27F3N2O5.